The number of rotatable bonds is 10. The lowest BCUT2D eigenvalue weighted by Gasteiger charge is -2.27. The summed E-state index contributed by atoms with van der Waals surface area (Å²) in [6.45, 7) is 6.17. The Morgan fingerprint density at radius 1 is 0.957 bits per heavy atom. The van der Waals surface area contributed by atoms with E-state index in [1.807, 2.05) is 13.0 Å². The van der Waals surface area contributed by atoms with E-state index in [2.05, 4.69) is 13.8 Å². The number of hydrogen-bond acceptors (Lipinski definition) is 4. The van der Waals surface area contributed by atoms with Crippen LogP contribution in [-0.2, 0) is 19.1 Å². The number of esters is 2. The van der Waals surface area contributed by atoms with E-state index < -0.39 is 0 Å². The quantitative estimate of drug-likeness (QED) is 0.332. The van der Waals surface area contributed by atoms with E-state index in [4.69, 9.17) is 9.47 Å². The van der Waals surface area contributed by atoms with Crippen LogP contribution < -0.4 is 0 Å². The Morgan fingerprint density at radius 2 is 1.52 bits per heavy atom. The number of ether oxygens (including phenoxy) is 2. The third kappa shape index (κ3) is 8.19. The molecule has 4 heteroatoms. The smallest absolute Gasteiger partial charge is 0.306 e. The van der Waals surface area contributed by atoms with Crippen LogP contribution in [0, 0.1) is 0 Å². The fourth-order valence-electron chi connectivity index (χ4n) is 2.76. The maximum Gasteiger partial charge on any atom is 0.306 e. The molecule has 0 aromatic carbocycles. The first-order valence-electron chi connectivity index (χ1n) is 9.14. The molecule has 4 nitrogen and oxygen atoms in total. The first-order valence-corrected chi connectivity index (χ1v) is 9.14. The summed E-state index contributed by atoms with van der Waals surface area (Å²) in [5, 5.41) is 0. The van der Waals surface area contributed by atoms with Crippen molar-refractivity contribution in [2.24, 2.45) is 0 Å². The summed E-state index contributed by atoms with van der Waals surface area (Å²) >= 11 is 0. The van der Waals surface area contributed by atoms with Gasteiger partial charge in [-0.25, -0.2) is 0 Å². The average molecular weight is 324 g/mol. The highest BCUT2D eigenvalue weighted by Crippen LogP contribution is 2.24. The van der Waals surface area contributed by atoms with Crippen LogP contribution in [0.5, 0.6) is 0 Å². The van der Waals surface area contributed by atoms with Crippen molar-refractivity contribution in [1.29, 1.82) is 0 Å². The lowest BCUT2D eigenvalue weighted by atomic mass is 9.95. The number of unbranched alkanes of at least 4 members (excludes halogenated alkanes) is 4. The second kappa shape index (κ2) is 11.3. The summed E-state index contributed by atoms with van der Waals surface area (Å²) in [6, 6.07) is 0. The van der Waals surface area contributed by atoms with Crippen LogP contribution in [0.25, 0.3) is 0 Å². The SMILES string of the molecule is CCCCCC(=O)OC1C=C(C)C(OC(=O)CCCCC)CC1. The highest BCUT2D eigenvalue weighted by molar-refractivity contribution is 5.70. The van der Waals surface area contributed by atoms with E-state index >= 15 is 0 Å². The molecule has 2 atom stereocenters. The van der Waals surface area contributed by atoms with Crippen molar-refractivity contribution >= 4 is 11.9 Å². The molecule has 2 unspecified atom stereocenters. The van der Waals surface area contributed by atoms with Gasteiger partial charge in [-0.05, 0) is 44.3 Å². The van der Waals surface area contributed by atoms with E-state index in [0.717, 1.165) is 56.9 Å². The predicted molar refractivity (Wildman–Crippen MR) is 91.0 cm³/mol. The van der Waals surface area contributed by atoms with Crippen LogP contribution in [0.15, 0.2) is 11.6 Å². The lowest BCUT2D eigenvalue weighted by molar-refractivity contribution is -0.152. The first kappa shape index (κ1) is 19.7. The van der Waals surface area contributed by atoms with Gasteiger partial charge in [-0.1, -0.05) is 39.5 Å². The fourth-order valence-corrected chi connectivity index (χ4v) is 2.76. The Bertz CT molecular complexity index is 400. The zero-order chi connectivity index (χ0) is 17.1. The van der Waals surface area contributed by atoms with Crippen molar-refractivity contribution in [3.63, 3.8) is 0 Å². The van der Waals surface area contributed by atoms with Gasteiger partial charge in [-0.3, -0.25) is 9.59 Å². The summed E-state index contributed by atoms with van der Waals surface area (Å²) in [5.41, 5.74) is 0.992. The van der Waals surface area contributed by atoms with Crippen molar-refractivity contribution in [3.8, 4) is 0 Å². The molecule has 1 aliphatic carbocycles. The van der Waals surface area contributed by atoms with Gasteiger partial charge >= 0.3 is 11.9 Å². The highest BCUT2D eigenvalue weighted by Gasteiger charge is 2.25. The van der Waals surface area contributed by atoms with E-state index in [-0.39, 0.29) is 24.1 Å². The normalized spacial score (nSPS) is 20.7. The van der Waals surface area contributed by atoms with Gasteiger partial charge in [0.15, 0.2) is 0 Å². The standard InChI is InChI=1S/C19H32O4/c1-4-6-8-10-18(20)22-16-12-13-17(15(3)14-16)23-19(21)11-9-7-5-2/h14,16-17H,4-13H2,1-3H3. The Kier molecular flexibility index (Phi) is 9.65. The number of carbonyl (C=O) groups is 2. The Morgan fingerprint density at radius 3 is 2.04 bits per heavy atom. The number of carbonyl (C=O) groups excluding carboxylic acids is 2. The molecule has 0 aliphatic heterocycles. The van der Waals surface area contributed by atoms with Crippen molar-refractivity contribution in [1.82, 2.24) is 0 Å². The summed E-state index contributed by atoms with van der Waals surface area (Å²) < 4.78 is 11.0. The van der Waals surface area contributed by atoms with E-state index in [1.165, 1.54) is 0 Å². The van der Waals surface area contributed by atoms with Gasteiger partial charge < -0.3 is 9.47 Å². The van der Waals surface area contributed by atoms with Gasteiger partial charge in [-0.2, -0.15) is 0 Å². The van der Waals surface area contributed by atoms with Gasteiger partial charge in [0.1, 0.15) is 12.2 Å². The zero-order valence-corrected chi connectivity index (χ0v) is 14.9. The minimum Gasteiger partial charge on any atom is -0.458 e. The van der Waals surface area contributed by atoms with Crippen LogP contribution in [-0.4, -0.2) is 24.1 Å². The van der Waals surface area contributed by atoms with Crippen LogP contribution in [0.4, 0.5) is 0 Å². The molecule has 0 spiro atoms. The molecule has 0 aromatic heterocycles. The fraction of sp³-hybridized carbons (Fsp3) is 0.789. The molecule has 0 N–H and O–H groups in total. The molecule has 0 heterocycles. The molecule has 1 aliphatic rings. The topological polar surface area (TPSA) is 52.6 Å². The monoisotopic (exact) mass is 324 g/mol. The molecule has 0 amide bonds. The predicted octanol–water partition coefficient (Wildman–Crippen LogP) is 4.71. The molecule has 1 rings (SSSR count). The van der Waals surface area contributed by atoms with Crippen molar-refractivity contribution in [3.05, 3.63) is 11.6 Å². The minimum atomic E-state index is -0.167. The molecule has 0 saturated heterocycles. The Balaban J connectivity index is 2.35. The molecule has 0 bridgehead atoms. The maximum atomic E-state index is 11.8. The summed E-state index contributed by atoms with van der Waals surface area (Å²) in [6.07, 6.45) is 10.2. The van der Waals surface area contributed by atoms with Gasteiger partial charge in [-0.15, -0.1) is 0 Å². The van der Waals surface area contributed by atoms with Gasteiger partial charge in [0.05, 0.1) is 0 Å². The summed E-state index contributed by atoms with van der Waals surface area (Å²) in [4.78, 5) is 23.6. The van der Waals surface area contributed by atoms with Crippen molar-refractivity contribution < 1.29 is 19.1 Å². The molecule has 132 valence electrons. The third-order valence-electron chi connectivity index (χ3n) is 4.20. The van der Waals surface area contributed by atoms with E-state index in [0.29, 0.717) is 12.8 Å². The molecular weight excluding hydrogens is 292 g/mol. The van der Waals surface area contributed by atoms with Gasteiger partial charge in [0.2, 0.25) is 0 Å². The summed E-state index contributed by atoms with van der Waals surface area (Å²) in [7, 11) is 0. The van der Waals surface area contributed by atoms with Crippen LogP contribution in [0.3, 0.4) is 0 Å². The largest absolute Gasteiger partial charge is 0.458 e. The van der Waals surface area contributed by atoms with E-state index in [1.54, 1.807) is 0 Å². The third-order valence-corrected chi connectivity index (χ3v) is 4.20. The average Bonchev–Trinajstić information content (AvgIpc) is 2.50. The molecule has 0 radical (unpaired) electrons. The minimum absolute atomic E-state index is 0.119. The van der Waals surface area contributed by atoms with Crippen molar-refractivity contribution in [2.45, 2.75) is 97.2 Å². The lowest BCUT2D eigenvalue weighted by Crippen LogP contribution is -2.28. The maximum absolute atomic E-state index is 11.8. The molecule has 23 heavy (non-hydrogen) atoms. The van der Waals surface area contributed by atoms with Gasteiger partial charge in [0.25, 0.3) is 0 Å². The Labute approximate surface area is 140 Å². The van der Waals surface area contributed by atoms with Gasteiger partial charge in [0, 0.05) is 12.8 Å². The highest BCUT2D eigenvalue weighted by atomic mass is 16.6. The zero-order valence-electron chi connectivity index (χ0n) is 14.9. The second-order valence-electron chi connectivity index (χ2n) is 6.41. The van der Waals surface area contributed by atoms with Crippen LogP contribution in [0.1, 0.15) is 85.0 Å². The Hall–Kier alpha value is -1.32. The molecule has 0 saturated carbocycles. The van der Waals surface area contributed by atoms with E-state index in [9.17, 15) is 9.59 Å². The number of hydrogen-bond donors (Lipinski definition) is 0. The second-order valence-corrected chi connectivity index (χ2v) is 6.41. The molecule has 0 aromatic rings. The van der Waals surface area contributed by atoms with Crippen LogP contribution in [0.2, 0.25) is 0 Å². The summed E-state index contributed by atoms with van der Waals surface area (Å²) in [5.74, 6) is -0.242. The van der Waals surface area contributed by atoms with Crippen LogP contribution >= 0.6 is 0 Å². The molecular formula is C19H32O4. The first-order chi connectivity index (χ1) is 11.1. The molecule has 0 fully saturated rings. The van der Waals surface area contributed by atoms with Crippen molar-refractivity contribution in [2.75, 3.05) is 0 Å².